The van der Waals surface area contributed by atoms with Gasteiger partial charge in [0.2, 0.25) is 5.91 Å². The number of anilines is 1. The lowest BCUT2D eigenvalue weighted by Crippen LogP contribution is -2.48. The van der Waals surface area contributed by atoms with Crippen LogP contribution in [-0.4, -0.2) is 35.1 Å². The van der Waals surface area contributed by atoms with Crippen LogP contribution in [0.5, 0.6) is 0 Å². The number of urea groups is 1. The topological polar surface area (TPSA) is 108 Å². The Kier molecular flexibility index (Phi) is 5.51. The molecule has 0 aromatic carbocycles. The number of hydrogen-bond acceptors (Lipinski definition) is 4. The Balaban J connectivity index is 2.57. The zero-order valence-electron chi connectivity index (χ0n) is 11.4. The second-order valence-electron chi connectivity index (χ2n) is 4.45. The molecule has 1 rings (SSSR count). The van der Waals surface area contributed by atoms with Crippen molar-refractivity contribution in [3.63, 3.8) is 0 Å². The second-order valence-corrected chi connectivity index (χ2v) is 5.37. The lowest BCUT2D eigenvalue weighted by Gasteiger charge is -2.16. The summed E-state index contributed by atoms with van der Waals surface area (Å²) in [7, 11) is 0. The molecule has 110 valence electrons. The monoisotopic (exact) mass is 299 g/mol. The van der Waals surface area contributed by atoms with E-state index in [4.69, 9.17) is 5.11 Å². The van der Waals surface area contributed by atoms with E-state index in [1.807, 2.05) is 13.8 Å². The van der Waals surface area contributed by atoms with Gasteiger partial charge in [0.05, 0.1) is 5.56 Å². The Morgan fingerprint density at radius 3 is 2.40 bits per heavy atom. The minimum atomic E-state index is -1.12. The summed E-state index contributed by atoms with van der Waals surface area (Å²) in [6.07, 6.45) is 0. The molecule has 0 aliphatic rings. The maximum atomic E-state index is 11.7. The van der Waals surface area contributed by atoms with Gasteiger partial charge in [0.15, 0.2) is 0 Å². The number of amides is 3. The maximum Gasteiger partial charge on any atom is 0.338 e. The Hall–Kier alpha value is -2.09. The molecule has 1 unspecified atom stereocenters. The summed E-state index contributed by atoms with van der Waals surface area (Å²) in [6.45, 7) is 5.18. The average molecular weight is 299 g/mol. The van der Waals surface area contributed by atoms with Gasteiger partial charge in [-0.05, 0) is 32.2 Å². The molecule has 8 heteroatoms. The van der Waals surface area contributed by atoms with Crippen molar-refractivity contribution in [3.05, 3.63) is 17.0 Å². The van der Waals surface area contributed by atoms with Gasteiger partial charge in [-0.1, -0.05) is 0 Å². The molecule has 20 heavy (non-hydrogen) atoms. The minimum absolute atomic E-state index is 0.0180. The molecule has 0 aliphatic heterocycles. The number of nitrogens with one attached hydrogen (secondary N) is 3. The highest BCUT2D eigenvalue weighted by molar-refractivity contribution is 7.14. The molecular weight excluding hydrogens is 282 g/mol. The summed E-state index contributed by atoms with van der Waals surface area (Å²) in [5, 5.41) is 18.2. The van der Waals surface area contributed by atoms with Gasteiger partial charge in [-0.3, -0.25) is 10.1 Å². The fourth-order valence-electron chi connectivity index (χ4n) is 1.39. The molecule has 0 saturated heterocycles. The van der Waals surface area contributed by atoms with Crippen LogP contribution in [0.1, 0.15) is 31.1 Å². The van der Waals surface area contributed by atoms with Crippen molar-refractivity contribution in [1.29, 1.82) is 0 Å². The van der Waals surface area contributed by atoms with E-state index in [-0.39, 0.29) is 22.5 Å². The van der Waals surface area contributed by atoms with E-state index in [0.717, 1.165) is 11.3 Å². The van der Waals surface area contributed by atoms with E-state index in [0.29, 0.717) is 0 Å². The van der Waals surface area contributed by atoms with E-state index in [9.17, 15) is 14.4 Å². The van der Waals surface area contributed by atoms with Crippen LogP contribution in [0.2, 0.25) is 0 Å². The van der Waals surface area contributed by atoms with Gasteiger partial charge in [0.1, 0.15) is 11.0 Å². The number of carboxylic acid groups (broad SMARTS) is 1. The lowest BCUT2D eigenvalue weighted by molar-refractivity contribution is -0.123. The second kappa shape index (κ2) is 6.90. The lowest BCUT2D eigenvalue weighted by atomic mass is 10.3. The van der Waals surface area contributed by atoms with E-state index in [2.05, 4.69) is 16.0 Å². The molecule has 0 saturated carbocycles. The highest BCUT2D eigenvalue weighted by atomic mass is 32.1. The summed E-state index contributed by atoms with van der Waals surface area (Å²) in [5.41, 5.74) is 0.0180. The third kappa shape index (κ3) is 4.54. The fourth-order valence-corrected chi connectivity index (χ4v) is 2.16. The van der Waals surface area contributed by atoms with Gasteiger partial charge in [0, 0.05) is 6.04 Å². The van der Waals surface area contributed by atoms with Crippen molar-refractivity contribution in [2.24, 2.45) is 0 Å². The van der Waals surface area contributed by atoms with Gasteiger partial charge in [-0.25, -0.2) is 9.59 Å². The molecule has 3 amide bonds. The number of carbonyl (C=O) groups excluding carboxylic acids is 2. The Morgan fingerprint density at radius 2 is 1.85 bits per heavy atom. The van der Waals surface area contributed by atoms with Crippen molar-refractivity contribution in [3.8, 4) is 0 Å². The van der Waals surface area contributed by atoms with Crippen molar-refractivity contribution < 1.29 is 19.5 Å². The summed E-state index contributed by atoms with van der Waals surface area (Å²) in [6, 6.07) is 0.0371. The zero-order valence-corrected chi connectivity index (χ0v) is 12.2. The third-order valence-electron chi connectivity index (χ3n) is 2.29. The summed E-state index contributed by atoms with van der Waals surface area (Å²) in [5.74, 6) is -1.42. The smallest absolute Gasteiger partial charge is 0.338 e. The van der Waals surface area contributed by atoms with Crippen molar-refractivity contribution in [2.75, 3.05) is 5.32 Å². The van der Waals surface area contributed by atoms with Crippen molar-refractivity contribution >= 4 is 34.2 Å². The van der Waals surface area contributed by atoms with Crippen molar-refractivity contribution in [2.45, 2.75) is 32.9 Å². The first-order valence-electron chi connectivity index (χ1n) is 6.00. The van der Waals surface area contributed by atoms with E-state index >= 15 is 0 Å². The maximum absolute atomic E-state index is 11.7. The zero-order chi connectivity index (χ0) is 15.3. The van der Waals surface area contributed by atoms with Gasteiger partial charge in [-0.15, -0.1) is 11.3 Å². The molecule has 0 aliphatic carbocycles. The Morgan fingerprint density at radius 1 is 1.20 bits per heavy atom. The van der Waals surface area contributed by atoms with Gasteiger partial charge < -0.3 is 15.7 Å². The predicted molar refractivity (Wildman–Crippen MR) is 76.2 cm³/mol. The predicted octanol–water partition coefficient (Wildman–Crippen LogP) is 1.48. The van der Waals surface area contributed by atoms with E-state index in [1.165, 1.54) is 6.07 Å². The SMILES string of the molecule is CC(C)NC(=O)C(C)NC(=O)Nc1sccc1C(=O)O. The number of hydrogen-bond donors (Lipinski definition) is 4. The average Bonchev–Trinajstić information content (AvgIpc) is 2.75. The molecule has 0 fully saturated rings. The number of carboxylic acids is 1. The molecule has 1 aromatic heterocycles. The number of thiophene rings is 1. The van der Waals surface area contributed by atoms with Crippen LogP contribution in [0.4, 0.5) is 9.80 Å². The van der Waals surface area contributed by atoms with Crippen molar-refractivity contribution in [1.82, 2.24) is 10.6 Å². The standard InChI is InChI=1S/C12H17N3O4S/c1-6(2)13-9(16)7(3)14-12(19)15-10-8(11(17)18)4-5-20-10/h4-7H,1-3H3,(H,13,16)(H,17,18)(H2,14,15,19). The number of carbonyl (C=O) groups is 3. The normalized spacial score (nSPS) is 11.8. The molecule has 0 radical (unpaired) electrons. The largest absolute Gasteiger partial charge is 0.478 e. The van der Waals surface area contributed by atoms with Crippen LogP contribution >= 0.6 is 11.3 Å². The molecule has 0 spiro atoms. The fraction of sp³-hybridized carbons (Fsp3) is 0.417. The van der Waals surface area contributed by atoms with Gasteiger partial charge in [0.25, 0.3) is 0 Å². The summed E-state index contributed by atoms with van der Waals surface area (Å²) >= 11 is 1.10. The molecule has 7 nitrogen and oxygen atoms in total. The molecular formula is C12H17N3O4S. The van der Waals surface area contributed by atoms with Crippen LogP contribution in [0.15, 0.2) is 11.4 Å². The van der Waals surface area contributed by atoms with E-state index in [1.54, 1.807) is 12.3 Å². The summed E-state index contributed by atoms with van der Waals surface area (Å²) in [4.78, 5) is 34.2. The van der Waals surface area contributed by atoms with Crippen LogP contribution in [0.3, 0.4) is 0 Å². The summed E-state index contributed by atoms with van der Waals surface area (Å²) < 4.78 is 0. The third-order valence-corrected chi connectivity index (χ3v) is 3.12. The number of rotatable bonds is 5. The van der Waals surface area contributed by atoms with E-state index < -0.39 is 18.0 Å². The highest BCUT2D eigenvalue weighted by Crippen LogP contribution is 2.22. The first kappa shape index (κ1) is 16.0. The van der Waals surface area contributed by atoms with Gasteiger partial charge >= 0.3 is 12.0 Å². The van der Waals surface area contributed by atoms with Crippen LogP contribution in [-0.2, 0) is 4.79 Å². The molecule has 0 bridgehead atoms. The molecule has 1 heterocycles. The Labute approximate surface area is 120 Å². The quantitative estimate of drug-likeness (QED) is 0.660. The molecule has 1 aromatic rings. The Bertz CT molecular complexity index is 513. The van der Waals surface area contributed by atoms with Crippen LogP contribution in [0.25, 0.3) is 0 Å². The first-order valence-corrected chi connectivity index (χ1v) is 6.88. The van der Waals surface area contributed by atoms with Crippen LogP contribution in [0, 0.1) is 0 Å². The van der Waals surface area contributed by atoms with Gasteiger partial charge in [-0.2, -0.15) is 0 Å². The first-order chi connectivity index (χ1) is 9.31. The minimum Gasteiger partial charge on any atom is -0.478 e. The molecule has 1 atom stereocenters. The van der Waals surface area contributed by atoms with Crippen LogP contribution < -0.4 is 16.0 Å². The molecule has 4 N–H and O–H groups in total. The highest BCUT2D eigenvalue weighted by Gasteiger charge is 2.18. The number of aromatic carboxylic acids is 1.